The quantitative estimate of drug-likeness (QED) is 0.444. The predicted molar refractivity (Wildman–Crippen MR) is 123 cm³/mol. The normalized spacial score (nSPS) is 24.0. The average molecular weight is 460 g/mol. The molecule has 2 aliphatic rings. The van der Waals surface area contributed by atoms with E-state index in [1.165, 1.54) is 0 Å². The Labute approximate surface area is 184 Å². The summed E-state index contributed by atoms with van der Waals surface area (Å²) in [5.74, 6) is 0.352. The fourth-order valence-corrected chi connectivity index (χ4v) is 4.81. The van der Waals surface area contributed by atoms with Crippen molar-refractivity contribution in [3.05, 3.63) is 100 Å². The van der Waals surface area contributed by atoms with Gasteiger partial charge in [-0.2, -0.15) is 0 Å². The second kappa shape index (κ2) is 8.15. The SMILES string of the molecule is Brc1ccc(C2=N[C@]3(c4ccccn4)/C(=N/OCc4ccccc4)CC[C@@H]3C2)cc1. The van der Waals surface area contributed by atoms with Crippen LogP contribution in [0.15, 0.2) is 93.6 Å². The van der Waals surface area contributed by atoms with Gasteiger partial charge in [0.1, 0.15) is 12.1 Å². The molecule has 30 heavy (non-hydrogen) atoms. The zero-order valence-electron chi connectivity index (χ0n) is 16.5. The minimum Gasteiger partial charge on any atom is -0.391 e. The number of aliphatic imine (C=N–C) groups is 1. The molecule has 0 bridgehead atoms. The Morgan fingerprint density at radius 2 is 1.80 bits per heavy atom. The number of benzene rings is 2. The number of nitrogens with zero attached hydrogens (tertiary/aromatic N) is 3. The van der Waals surface area contributed by atoms with Crippen LogP contribution in [-0.2, 0) is 17.0 Å². The summed E-state index contributed by atoms with van der Waals surface area (Å²) in [6.45, 7) is 0.455. The zero-order chi connectivity index (χ0) is 20.4. The van der Waals surface area contributed by atoms with Gasteiger partial charge in [-0.05, 0) is 54.7 Å². The average Bonchev–Trinajstić information content (AvgIpc) is 3.33. The highest BCUT2D eigenvalue weighted by atomic mass is 79.9. The van der Waals surface area contributed by atoms with Crippen LogP contribution < -0.4 is 0 Å². The summed E-state index contributed by atoms with van der Waals surface area (Å²) in [7, 11) is 0. The fraction of sp³-hybridized carbons (Fsp3) is 0.240. The van der Waals surface area contributed by atoms with E-state index >= 15 is 0 Å². The predicted octanol–water partition coefficient (Wildman–Crippen LogP) is 5.92. The van der Waals surface area contributed by atoms with Crippen LogP contribution in [0.5, 0.6) is 0 Å². The van der Waals surface area contributed by atoms with E-state index in [1.807, 2.05) is 48.7 Å². The van der Waals surface area contributed by atoms with Crippen LogP contribution in [0.1, 0.15) is 36.1 Å². The Morgan fingerprint density at radius 1 is 1.00 bits per heavy atom. The van der Waals surface area contributed by atoms with E-state index in [2.05, 4.69) is 51.4 Å². The first-order chi connectivity index (χ1) is 14.8. The number of pyridine rings is 1. The minimum absolute atomic E-state index is 0.352. The first-order valence-electron chi connectivity index (χ1n) is 10.2. The number of hydrogen-bond acceptors (Lipinski definition) is 4. The summed E-state index contributed by atoms with van der Waals surface area (Å²) in [6.07, 6.45) is 4.69. The molecule has 5 rings (SSSR count). The molecule has 0 amide bonds. The molecule has 150 valence electrons. The van der Waals surface area contributed by atoms with E-state index < -0.39 is 5.54 Å². The minimum atomic E-state index is -0.527. The van der Waals surface area contributed by atoms with Crippen LogP contribution in [-0.4, -0.2) is 16.4 Å². The molecule has 0 spiro atoms. The second-order valence-corrected chi connectivity index (χ2v) is 8.70. The van der Waals surface area contributed by atoms with Crippen molar-refractivity contribution >= 4 is 27.4 Å². The molecule has 1 saturated carbocycles. The number of hydrogen-bond donors (Lipinski definition) is 0. The fourth-order valence-electron chi connectivity index (χ4n) is 4.54. The molecule has 3 aromatic rings. The monoisotopic (exact) mass is 459 g/mol. The van der Waals surface area contributed by atoms with Crippen molar-refractivity contribution in [2.24, 2.45) is 16.1 Å². The highest BCUT2D eigenvalue weighted by molar-refractivity contribution is 9.10. The Hall–Kier alpha value is -2.79. The summed E-state index contributed by atoms with van der Waals surface area (Å²) in [5.41, 5.74) is 4.80. The molecule has 2 atom stereocenters. The highest BCUT2D eigenvalue weighted by Crippen LogP contribution is 2.51. The van der Waals surface area contributed by atoms with Crippen molar-refractivity contribution in [2.45, 2.75) is 31.4 Å². The smallest absolute Gasteiger partial charge is 0.147 e. The maximum atomic E-state index is 5.80. The molecule has 1 aromatic heterocycles. The molecule has 0 saturated heterocycles. The maximum absolute atomic E-state index is 5.80. The molecule has 1 aliphatic heterocycles. The lowest BCUT2D eigenvalue weighted by Crippen LogP contribution is -2.33. The standard InChI is InChI=1S/C25H22BrN3O/c26-21-12-9-19(10-13-21)22-16-20-11-14-24(29-30-17-18-6-2-1-3-7-18)25(20,28-22)23-8-4-5-15-27-23/h1-10,12-13,15,20H,11,14,16-17H2/b29-24+/t20-,25-/m1/s1. The molecular weight excluding hydrogens is 438 g/mol. The van der Waals surface area contributed by atoms with Crippen molar-refractivity contribution in [3.63, 3.8) is 0 Å². The van der Waals surface area contributed by atoms with Crippen molar-refractivity contribution in [2.75, 3.05) is 0 Å². The van der Waals surface area contributed by atoms with Crippen molar-refractivity contribution in [1.82, 2.24) is 4.98 Å². The topological polar surface area (TPSA) is 46.8 Å². The molecule has 2 heterocycles. The number of aromatic nitrogens is 1. The Kier molecular flexibility index (Phi) is 5.21. The van der Waals surface area contributed by atoms with Crippen LogP contribution in [0.2, 0.25) is 0 Å². The first kappa shape index (κ1) is 19.2. The molecule has 1 fully saturated rings. The third-order valence-electron chi connectivity index (χ3n) is 5.99. The van der Waals surface area contributed by atoms with Gasteiger partial charge in [0.05, 0.1) is 11.4 Å². The van der Waals surface area contributed by atoms with E-state index in [9.17, 15) is 0 Å². The maximum Gasteiger partial charge on any atom is 0.147 e. The largest absolute Gasteiger partial charge is 0.391 e. The first-order valence-corrected chi connectivity index (χ1v) is 11.0. The molecule has 5 heteroatoms. The van der Waals surface area contributed by atoms with Gasteiger partial charge in [0.15, 0.2) is 0 Å². The highest BCUT2D eigenvalue weighted by Gasteiger charge is 2.54. The van der Waals surface area contributed by atoms with Gasteiger partial charge >= 0.3 is 0 Å². The molecule has 1 aliphatic carbocycles. The Balaban J connectivity index is 1.51. The number of fused-ring (bicyclic) bond motifs is 1. The van der Waals surface area contributed by atoms with Gasteiger partial charge in [-0.25, -0.2) is 0 Å². The Bertz CT molecular complexity index is 1080. The Morgan fingerprint density at radius 3 is 2.57 bits per heavy atom. The van der Waals surface area contributed by atoms with Crippen molar-refractivity contribution in [3.8, 4) is 0 Å². The number of rotatable bonds is 5. The molecule has 0 unspecified atom stereocenters. The van der Waals surface area contributed by atoms with Gasteiger partial charge < -0.3 is 4.84 Å². The molecule has 2 aromatic carbocycles. The van der Waals surface area contributed by atoms with E-state index in [-0.39, 0.29) is 0 Å². The van der Waals surface area contributed by atoms with E-state index in [0.717, 1.165) is 52.0 Å². The van der Waals surface area contributed by atoms with E-state index in [4.69, 9.17) is 14.8 Å². The summed E-state index contributed by atoms with van der Waals surface area (Å²) in [5, 5.41) is 4.61. The van der Waals surface area contributed by atoms with Crippen LogP contribution >= 0.6 is 15.9 Å². The van der Waals surface area contributed by atoms with Crippen molar-refractivity contribution in [1.29, 1.82) is 0 Å². The third kappa shape index (κ3) is 3.47. The van der Waals surface area contributed by atoms with Crippen LogP contribution in [0.3, 0.4) is 0 Å². The summed E-state index contributed by atoms with van der Waals surface area (Å²) < 4.78 is 1.07. The summed E-state index contributed by atoms with van der Waals surface area (Å²) >= 11 is 3.52. The lowest BCUT2D eigenvalue weighted by Gasteiger charge is -2.26. The van der Waals surface area contributed by atoms with Gasteiger partial charge in [0.25, 0.3) is 0 Å². The van der Waals surface area contributed by atoms with Crippen molar-refractivity contribution < 1.29 is 4.84 Å². The summed E-state index contributed by atoms with van der Waals surface area (Å²) in [6, 6.07) is 24.5. The van der Waals surface area contributed by atoms with Gasteiger partial charge in [0.2, 0.25) is 0 Å². The van der Waals surface area contributed by atoms with Crippen LogP contribution in [0.25, 0.3) is 0 Å². The number of oxime groups is 1. The van der Waals surface area contributed by atoms with Crippen LogP contribution in [0, 0.1) is 5.92 Å². The van der Waals surface area contributed by atoms with Crippen LogP contribution in [0.4, 0.5) is 0 Å². The van der Waals surface area contributed by atoms with E-state index in [1.54, 1.807) is 0 Å². The zero-order valence-corrected chi connectivity index (χ0v) is 18.1. The third-order valence-corrected chi connectivity index (χ3v) is 6.52. The van der Waals surface area contributed by atoms with Gasteiger partial charge in [0, 0.05) is 22.3 Å². The van der Waals surface area contributed by atoms with E-state index in [0.29, 0.717) is 12.5 Å². The molecule has 0 radical (unpaired) electrons. The summed E-state index contributed by atoms with van der Waals surface area (Å²) in [4.78, 5) is 15.8. The lowest BCUT2D eigenvalue weighted by molar-refractivity contribution is 0.128. The lowest BCUT2D eigenvalue weighted by atomic mass is 9.83. The molecular formula is C25H22BrN3O. The number of halogens is 1. The molecule has 0 N–H and O–H groups in total. The molecule has 4 nitrogen and oxygen atoms in total. The second-order valence-electron chi connectivity index (χ2n) is 7.78. The van der Waals surface area contributed by atoms with Gasteiger partial charge in [-0.15, -0.1) is 0 Å². The van der Waals surface area contributed by atoms with Gasteiger partial charge in [-0.1, -0.05) is 69.6 Å². The van der Waals surface area contributed by atoms with Gasteiger partial charge in [-0.3, -0.25) is 9.98 Å².